The van der Waals surface area contributed by atoms with E-state index in [9.17, 15) is 0 Å². The Morgan fingerprint density at radius 3 is 1.32 bits per heavy atom. The third kappa shape index (κ3) is 2.88. The molecule has 0 aliphatic heterocycles. The highest BCUT2D eigenvalue weighted by Crippen LogP contribution is 2.25. The van der Waals surface area contributed by atoms with Crippen LogP contribution in [-0.2, 0) is 0 Å². The van der Waals surface area contributed by atoms with E-state index in [1.165, 1.54) is 0 Å². The van der Waals surface area contributed by atoms with Gasteiger partial charge < -0.3 is 0 Å². The van der Waals surface area contributed by atoms with Gasteiger partial charge in [-0.05, 0) is 11.1 Å². The van der Waals surface area contributed by atoms with Gasteiger partial charge in [0.1, 0.15) is 0 Å². The molecule has 106 valence electrons. The molecule has 0 saturated carbocycles. The molecule has 0 aromatic heterocycles. The largest absolute Gasteiger partial charge is 0.0787 e. The number of hydrogen-bond acceptors (Lipinski definition) is 3. The second-order valence-corrected chi connectivity index (χ2v) is 6.10. The van der Waals surface area contributed by atoms with Crippen molar-refractivity contribution in [2.24, 2.45) is 0 Å². The van der Waals surface area contributed by atoms with Crippen molar-refractivity contribution in [3.05, 3.63) is 95.1 Å². The van der Waals surface area contributed by atoms with Crippen LogP contribution in [0.3, 0.4) is 0 Å². The third-order valence-electron chi connectivity index (χ3n) is 3.47. The van der Waals surface area contributed by atoms with Crippen molar-refractivity contribution >= 4 is 51.2 Å². The van der Waals surface area contributed by atoms with Crippen LogP contribution in [0.4, 0.5) is 0 Å². The molecule has 3 heteroatoms. The van der Waals surface area contributed by atoms with Crippen molar-refractivity contribution in [2.45, 2.75) is 0 Å². The average molecular weight is 337 g/mol. The van der Waals surface area contributed by atoms with E-state index in [2.05, 4.69) is 0 Å². The molecular formula is C19H12S3. The van der Waals surface area contributed by atoms with Gasteiger partial charge >= 0.3 is 0 Å². The molecule has 0 radical (unpaired) electrons. The van der Waals surface area contributed by atoms with E-state index in [0.29, 0.717) is 0 Å². The molecule has 0 N–H and O–H groups in total. The molecule has 3 rings (SSSR count). The van der Waals surface area contributed by atoms with Crippen molar-refractivity contribution in [2.75, 3.05) is 0 Å². The van der Waals surface area contributed by atoms with E-state index in [1.807, 2.05) is 72.8 Å². The Bertz CT molecular complexity index is 743. The molecule has 0 heterocycles. The lowest BCUT2D eigenvalue weighted by Crippen LogP contribution is -2.14. The minimum absolute atomic E-state index is 0.739. The van der Waals surface area contributed by atoms with Crippen LogP contribution < -0.4 is 0 Å². The van der Waals surface area contributed by atoms with Crippen molar-refractivity contribution in [3.63, 3.8) is 0 Å². The fraction of sp³-hybridized carbons (Fsp3) is 0. The summed E-state index contributed by atoms with van der Waals surface area (Å²) in [7, 11) is 0. The van der Waals surface area contributed by atoms with Crippen LogP contribution in [0.5, 0.6) is 0 Å². The molecule has 2 aromatic carbocycles. The Morgan fingerprint density at radius 1 is 0.591 bits per heavy atom. The van der Waals surface area contributed by atoms with E-state index in [-0.39, 0.29) is 0 Å². The van der Waals surface area contributed by atoms with Crippen LogP contribution in [0.2, 0.25) is 0 Å². The molecule has 22 heavy (non-hydrogen) atoms. The summed E-state index contributed by atoms with van der Waals surface area (Å²) in [6.45, 7) is 0. The number of allylic oxidation sites excluding steroid dienone is 4. The second kappa shape index (κ2) is 6.53. The molecule has 0 fully saturated rings. The third-order valence-corrected chi connectivity index (χ3v) is 4.82. The summed E-state index contributed by atoms with van der Waals surface area (Å²) in [6.07, 6.45) is 3.95. The lowest BCUT2D eigenvalue weighted by molar-refractivity contribution is 1.66. The van der Waals surface area contributed by atoms with Gasteiger partial charge in [0, 0.05) is 11.1 Å². The molecular weight excluding hydrogens is 324 g/mol. The van der Waals surface area contributed by atoms with Gasteiger partial charge in [0.25, 0.3) is 0 Å². The molecule has 0 unspecified atom stereocenters. The van der Waals surface area contributed by atoms with Gasteiger partial charge in [0.2, 0.25) is 0 Å². The van der Waals surface area contributed by atoms with Crippen LogP contribution in [0, 0.1) is 0 Å². The van der Waals surface area contributed by atoms with Crippen molar-refractivity contribution in [3.8, 4) is 0 Å². The SMILES string of the molecule is S=C1C(C(=S)c2ccccc2)=CC=C1C(=S)c1ccccc1. The van der Waals surface area contributed by atoms with Gasteiger partial charge in [-0.2, -0.15) is 0 Å². The van der Waals surface area contributed by atoms with Gasteiger partial charge in [-0.15, -0.1) is 0 Å². The Hall–Kier alpha value is -1.81. The molecule has 0 amide bonds. The Kier molecular flexibility index (Phi) is 4.48. The summed E-state index contributed by atoms with van der Waals surface area (Å²) in [4.78, 5) is 2.28. The zero-order chi connectivity index (χ0) is 15.5. The van der Waals surface area contributed by atoms with Gasteiger partial charge in [-0.3, -0.25) is 0 Å². The Balaban J connectivity index is 1.83. The monoisotopic (exact) mass is 336 g/mol. The quantitative estimate of drug-likeness (QED) is 0.566. The standard InChI is InChI=1S/C19H12S3/c20-17(13-7-3-1-4-8-13)15-11-12-16(19(15)22)18(21)14-9-5-2-6-10-14/h1-12H. The fourth-order valence-corrected chi connectivity index (χ4v) is 3.39. The highest BCUT2D eigenvalue weighted by Gasteiger charge is 2.23. The van der Waals surface area contributed by atoms with Crippen molar-refractivity contribution in [1.29, 1.82) is 0 Å². The maximum atomic E-state index is 5.60. The first-order chi connectivity index (χ1) is 10.7. The lowest BCUT2D eigenvalue weighted by Gasteiger charge is -2.10. The summed E-state index contributed by atoms with van der Waals surface area (Å²) < 4.78 is 0. The predicted octanol–water partition coefficient (Wildman–Crippen LogP) is 5.06. The molecule has 1 aliphatic rings. The smallest absolute Gasteiger partial charge is 0.0551 e. The topological polar surface area (TPSA) is 0 Å². The molecule has 0 nitrogen and oxygen atoms in total. The summed E-state index contributed by atoms with van der Waals surface area (Å²) in [5, 5.41) is 0. The number of rotatable bonds is 4. The molecule has 1 aliphatic carbocycles. The van der Waals surface area contributed by atoms with Crippen LogP contribution in [-0.4, -0.2) is 14.6 Å². The maximum absolute atomic E-state index is 5.60. The summed E-state index contributed by atoms with van der Waals surface area (Å²) in [5.74, 6) is 0. The van der Waals surface area contributed by atoms with E-state index >= 15 is 0 Å². The van der Waals surface area contributed by atoms with Gasteiger partial charge in [0.05, 0.1) is 14.6 Å². The van der Waals surface area contributed by atoms with Crippen LogP contribution >= 0.6 is 36.7 Å². The van der Waals surface area contributed by atoms with Crippen molar-refractivity contribution < 1.29 is 0 Å². The van der Waals surface area contributed by atoms with E-state index < -0.39 is 0 Å². The van der Waals surface area contributed by atoms with E-state index in [4.69, 9.17) is 36.7 Å². The molecule has 0 spiro atoms. The highest BCUT2D eigenvalue weighted by atomic mass is 32.1. The van der Waals surface area contributed by atoms with Crippen LogP contribution in [0.15, 0.2) is 84.0 Å². The summed E-state index contributed by atoms with van der Waals surface area (Å²) in [5.41, 5.74) is 3.83. The number of benzene rings is 2. The molecule has 0 saturated heterocycles. The highest BCUT2D eigenvalue weighted by molar-refractivity contribution is 7.84. The maximum Gasteiger partial charge on any atom is 0.0551 e. The first-order valence-electron chi connectivity index (χ1n) is 6.84. The van der Waals surface area contributed by atoms with Gasteiger partial charge in [0.15, 0.2) is 0 Å². The molecule has 0 atom stereocenters. The first kappa shape index (κ1) is 15.1. The Morgan fingerprint density at radius 2 is 0.955 bits per heavy atom. The Labute approximate surface area is 146 Å². The van der Waals surface area contributed by atoms with E-state index in [1.54, 1.807) is 0 Å². The minimum Gasteiger partial charge on any atom is -0.0787 e. The second-order valence-electron chi connectivity index (χ2n) is 4.88. The van der Waals surface area contributed by atoms with E-state index in [0.717, 1.165) is 36.9 Å². The number of hydrogen-bond donors (Lipinski definition) is 0. The zero-order valence-electron chi connectivity index (χ0n) is 11.7. The predicted molar refractivity (Wildman–Crippen MR) is 105 cm³/mol. The first-order valence-corrected chi connectivity index (χ1v) is 8.07. The zero-order valence-corrected chi connectivity index (χ0v) is 14.1. The fourth-order valence-electron chi connectivity index (χ4n) is 2.31. The summed E-state index contributed by atoms with van der Waals surface area (Å²) in [6, 6.07) is 19.8. The molecule has 0 bridgehead atoms. The minimum atomic E-state index is 0.739. The van der Waals surface area contributed by atoms with Gasteiger partial charge in [-0.25, -0.2) is 0 Å². The normalized spacial score (nSPS) is 13.5. The summed E-state index contributed by atoms with van der Waals surface area (Å²) >= 11 is 16.8. The van der Waals surface area contributed by atoms with Crippen molar-refractivity contribution in [1.82, 2.24) is 0 Å². The van der Waals surface area contributed by atoms with Gasteiger partial charge in [-0.1, -0.05) is 109 Å². The number of thiocarbonyl (C=S) groups is 3. The van der Waals surface area contributed by atoms with Crippen LogP contribution in [0.25, 0.3) is 0 Å². The lowest BCUT2D eigenvalue weighted by atomic mass is 9.98. The average Bonchev–Trinajstić information content (AvgIpc) is 2.96. The van der Waals surface area contributed by atoms with Crippen LogP contribution in [0.1, 0.15) is 11.1 Å². The molecule has 2 aromatic rings.